The topological polar surface area (TPSA) is 17.1 Å². The van der Waals surface area contributed by atoms with Gasteiger partial charge in [0.1, 0.15) is 5.78 Å². The lowest BCUT2D eigenvalue weighted by atomic mass is 9.61. The third-order valence-corrected chi connectivity index (χ3v) is 3.14. The van der Waals surface area contributed by atoms with Gasteiger partial charge in [-0.3, -0.25) is 4.79 Å². The van der Waals surface area contributed by atoms with Gasteiger partial charge in [-0.05, 0) is 0 Å². The van der Waals surface area contributed by atoms with Crippen LogP contribution < -0.4 is 0 Å². The average molecular weight is 193 g/mol. The van der Waals surface area contributed by atoms with E-state index in [1.807, 2.05) is 13.8 Å². The van der Waals surface area contributed by atoms with E-state index in [1.54, 1.807) is 0 Å². The zero-order chi connectivity index (χ0) is 8.65. The summed E-state index contributed by atoms with van der Waals surface area (Å²) >= 11 is 11.2. The minimum absolute atomic E-state index is 0.133. The molecule has 1 saturated carbocycles. The predicted molar refractivity (Wildman–Crippen MR) is 46.7 cm³/mol. The van der Waals surface area contributed by atoms with Crippen LogP contribution in [-0.4, -0.2) is 5.78 Å². The lowest BCUT2D eigenvalue weighted by Crippen LogP contribution is -2.45. The SMILES string of the molecule is CC1(C)C(=O)CC1/C(Cl)=C/Cl. The Bertz CT molecular complexity index is 218. The van der Waals surface area contributed by atoms with Gasteiger partial charge in [0.05, 0.1) is 0 Å². The fourth-order valence-corrected chi connectivity index (χ4v) is 1.79. The van der Waals surface area contributed by atoms with Crippen LogP contribution in [0.2, 0.25) is 0 Å². The highest BCUT2D eigenvalue weighted by atomic mass is 35.5. The highest BCUT2D eigenvalue weighted by molar-refractivity contribution is 6.37. The molecule has 0 N–H and O–H groups in total. The minimum Gasteiger partial charge on any atom is -0.299 e. The van der Waals surface area contributed by atoms with E-state index in [0.29, 0.717) is 11.5 Å². The Morgan fingerprint density at radius 2 is 2.27 bits per heavy atom. The molecule has 1 aliphatic rings. The molecule has 1 aliphatic carbocycles. The van der Waals surface area contributed by atoms with E-state index in [0.717, 1.165) is 0 Å². The van der Waals surface area contributed by atoms with Crippen molar-refractivity contribution in [2.24, 2.45) is 11.3 Å². The van der Waals surface area contributed by atoms with Crippen LogP contribution in [0, 0.1) is 11.3 Å². The molecule has 11 heavy (non-hydrogen) atoms. The summed E-state index contributed by atoms with van der Waals surface area (Å²) < 4.78 is 0. The molecular formula is C8H10Cl2O. The number of halogens is 2. The predicted octanol–water partition coefficient (Wildman–Crippen LogP) is 2.92. The highest BCUT2D eigenvalue weighted by Crippen LogP contribution is 2.47. The molecule has 1 unspecified atom stereocenters. The normalized spacial score (nSPS) is 30.0. The van der Waals surface area contributed by atoms with Crippen LogP contribution in [0.15, 0.2) is 10.6 Å². The van der Waals surface area contributed by atoms with E-state index in [-0.39, 0.29) is 17.1 Å². The number of hydrogen-bond acceptors (Lipinski definition) is 1. The summed E-state index contributed by atoms with van der Waals surface area (Å²) in [6.45, 7) is 3.79. The first kappa shape index (κ1) is 9.08. The van der Waals surface area contributed by atoms with Crippen LogP contribution in [0.1, 0.15) is 20.3 Å². The van der Waals surface area contributed by atoms with Crippen molar-refractivity contribution in [3.8, 4) is 0 Å². The molecule has 3 heteroatoms. The van der Waals surface area contributed by atoms with Crippen molar-refractivity contribution in [2.75, 3.05) is 0 Å². The number of allylic oxidation sites excluding steroid dienone is 1. The van der Waals surface area contributed by atoms with Crippen LogP contribution in [0.5, 0.6) is 0 Å². The quantitative estimate of drug-likeness (QED) is 0.625. The zero-order valence-corrected chi connectivity index (χ0v) is 8.04. The zero-order valence-electron chi connectivity index (χ0n) is 6.53. The largest absolute Gasteiger partial charge is 0.299 e. The second kappa shape index (κ2) is 2.80. The maximum Gasteiger partial charge on any atom is 0.139 e. The number of carbonyl (C=O) groups is 1. The van der Waals surface area contributed by atoms with Gasteiger partial charge in [0.15, 0.2) is 0 Å². The maximum absolute atomic E-state index is 11.1. The van der Waals surface area contributed by atoms with Crippen molar-refractivity contribution in [2.45, 2.75) is 20.3 Å². The summed E-state index contributed by atoms with van der Waals surface area (Å²) in [5, 5.41) is 0.594. The Hall–Kier alpha value is -0.0100. The molecule has 0 amide bonds. The Morgan fingerprint density at radius 1 is 1.73 bits per heavy atom. The summed E-state index contributed by atoms with van der Waals surface area (Å²) in [7, 11) is 0. The first-order chi connectivity index (χ1) is 5.00. The van der Waals surface area contributed by atoms with Crippen molar-refractivity contribution in [3.63, 3.8) is 0 Å². The van der Waals surface area contributed by atoms with E-state index in [4.69, 9.17) is 23.2 Å². The third kappa shape index (κ3) is 1.32. The first-order valence-electron chi connectivity index (χ1n) is 3.49. The Balaban J connectivity index is 2.75. The van der Waals surface area contributed by atoms with Crippen LogP contribution in [-0.2, 0) is 4.79 Å². The van der Waals surface area contributed by atoms with Crippen LogP contribution >= 0.6 is 23.2 Å². The van der Waals surface area contributed by atoms with E-state index in [1.165, 1.54) is 5.54 Å². The molecule has 0 aromatic rings. The lowest BCUT2D eigenvalue weighted by Gasteiger charge is -2.42. The van der Waals surface area contributed by atoms with Crippen molar-refractivity contribution >= 4 is 29.0 Å². The van der Waals surface area contributed by atoms with Gasteiger partial charge in [-0.1, -0.05) is 37.0 Å². The van der Waals surface area contributed by atoms with E-state index in [9.17, 15) is 4.79 Å². The molecule has 1 nitrogen and oxygen atoms in total. The molecule has 1 rings (SSSR count). The van der Waals surface area contributed by atoms with Crippen molar-refractivity contribution < 1.29 is 4.79 Å². The number of hydrogen-bond donors (Lipinski definition) is 0. The molecule has 1 fully saturated rings. The van der Waals surface area contributed by atoms with E-state index < -0.39 is 0 Å². The summed E-state index contributed by atoms with van der Waals surface area (Å²) in [6.07, 6.45) is 0.537. The number of ketones is 1. The van der Waals surface area contributed by atoms with Crippen LogP contribution in [0.4, 0.5) is 0 Å². The summed E-state index contributed by atoms with van der Waals surface area (Å²) in [4.78, 5) is 11.1. The van der Waals surface area contributed by atoms with E-state index >= 15 is 0 Å². The standard InChI is InChI=1S/C8H10Cl2O/c1-8(2)5(3-7(8)11)6(10)4-9/h4-5H,3H2,1-2H3/b6-4-. The summed E-state index contributed by atoms with van der Waals surface area (Å²) in [6, 6.07) is 0. The molecule has 0 saturated heterocycles. The van der Waals surface area contributed by atoms with Gasteiger partial charge in [0.2, 0.25) is 0 Å². The van der Waals surface area contributed by atoms with Crippen molar-refractivity contribution in [1.29, 1.82) is 0 Å². The molecule has 0 aliphatic heterocycles. The van der Waals surface area contributed by atoms with Gasteiger partial charge >= 0.3 is 0 Å². The highest BCUT2D eigenvalue weighted by Gasteiger charge is 2.48. The minimum atomic E-state index is -0.303. The average Bonchev–Trinajstić information content (AvgIpc) is 1.98. The van der Waals surface area contributed by atoms with Gasteiger partial charge in [-0.15, -0.1) is 0 Å². The van der Waals surface area contributed by atoms with Crippen LogP contribution in [0.25, 0.3) is 0 Å². The molecule has 0 spiro atoms. The van der Waals surface area contributed by atoms with Gasteiger partial charge in [0, 0.05) is 28.3 Å². The van der Waals surface area contributed by atoms with Crippen molar-refractivity contribution in [1.82, 2.24) is 0 Å². The Kier molecular flexibility index (Phi) is 2.31. The monoisotopic (exact) mass is 192 g/mol. The number of carbonyl (C=O) groups excluding carboxylic acids is 1. The second-order valence-electron chi connectivity index (χ2n) is 3.40. The molecule has 0 aromatic heterocycles. The van der Waals surface area contributed by atoms with Gasteiger partial charge in [-0.25, -0.2) is 0 Å². The van der Waals surface area contributed by atoms with Gasteiger partial charge in [-0.2, -0.15) is 0 Å². The fourth-order valence-electron chi connectivity index (χ4n) is 1.29. The van der Waals surface area contributed by atoms with Gasteiger partial charge in [0.25, 0.3) is 0 Å². The first-order valence-corrected chi connectivity index (χ1v) is 4.30. The lowest BCUT2D eigenvalue weighted by molar-refractivity contribution is -0.140. The molecule has 0 bridgehead atoms. The molecular weight excluding hydrogens is 183 g/mol. The number of Topliss-reactive ketones (excluding diaryl/α,β-unsaturated/α-hetero) is 1. The molecule has 1 atom stereocenters. The molecule has 0 radical (unpaired) electrons. The van der Waals surface area contributed by atoms with Crippen LogP contribution in [0.3, 0.4) is 0 Å². The maximum atomic E-state index is 11.1. The summed E-state index contributed by atoms with van der Waals surface area (Å²) in [5.74, 6) is 0.397. The smallest absolute Gasteiger partial charge is 0.139 e. The van der Waals surface area contributed by atoms with Crippen molar-refractivity contribution in [3.05, 3.63) is 10.6 Å². The molecule has 62 valence electrons. The van der Waals surface area contributed by atoms with E-state index in [2.05, 4.69) is 0 Å². The third-order valence-electron chi connectivity index (χ3n) is 2.42. The second-order valence-corrected chi connectivity index (χ2v) is 4.05. The Labute approximate surface area is 76.4 Å². The molecule has 0 heterocycles. The summed E-state index contributed by atoms with van der Waals surface area (Å²) in [5.41, 5.74) is 1.04. The molecule has 0 aromatic carbocycles. The Morgan fingerprint density at radius 3 is 2.55 bits per heavy atom. The number of rotatable bonds is 1. The fraction of sp³-hybridized carbons (Fsp3) is 0.625. The van der Waals surface area contributed by atoms with Gasteiger partial charge < -0.3 is 0 Å².